The number of anilines is 1. The van der Waals surface area contributed by atoms with Crippen molar-refractivity contribution in [3.8, 4) is 0 Å². The third-order valence-corrected chi connectivity index (χ3v) is 8.37. The van der Waals surface area contributed by atoms with Crippen LogP contribution < -0.4 is 4.90 Å². The summed E-state index contributed by atoms with van der Waals surface area (Å²) in [5.74, 6) is -0.574. The van der Waals surface area contributed by atoms with Gasteiger partial charge in [-0.1, -0.05) is 60.2 Å². The molecule has 1 heterocycles. The Morgan fingerprint density at radius 2 is 1.50 bits per heavy atom. The average Bonchev–Trinajstić information content (AvgIpc) is 2.88. The molecule has 5 nitrogen and oxygen atoms in total. The second kappa shape index (κ2) is 10.4. The minimum Gasteiger partial charge on any atom is -0.308 e. The fraction of sp³-hybridized carbons (Fsp3) is 0.296. The molecule has 0 spiro atoms. The molecule has 0 aromatic heterocycles. The van der Waals surface area contributed by atoms with Gasteiger partial charge in [-0.2, -0.15) is 17.5 Å². The van der Waals surface area contributed by atoms with Crippen LogP contribution in [0.5, 0.6) is 0 Å². The third kappa shape index (κ3) is 5.63. The van der Waals surface area contributed by atoms with Gasteiger partial charge >= 0.3 is 6.18 Å². The molecule has 1 fully saturated rings. The first-order valence-electron chi connectivity index (χ1n) is 11.7. The number of sulfonamides is 1. The highest BCUT2D eigenvalue weighted by molar-refractivity contribution is 7.89. The molecule has 190 valence electrons. The molecule has 9 heteroatoms. The maximum atomic E-state index is 13.6. The normalized spacial score (nSPS) is 15.6. The lowest BCUT2D eigenvalue weighted by atomic mass is 9.96. The predicted octanol–water partition coefficient (Wildman–Crippen LogP) is 5.65. The molecule has 3 aromatic rings. The molecule has 0 unspecified atom stereocenters. The summed E-state index contributed by atoms with van der Waals surface area (Å²) >= 11 is 0. The van der Waals surface area contributed by atoms with Gasteiger partial charge in [-0.05, 0) is 49.6 Å². The quantitative estimate of drug-likeness (QED) is 0.426. The van der Waals surface area contributed by atoms with Crippen LogP contribution in [0.1, 0.15) is 29.5 Å². The van der Waals surface area contributed by atoms with Crippen molar-refractivity contribution in [2.75, 3.05) is 18.0 Å². The number of aryl methyl sites for hydroxylation is 1. The number of hydrogen-bond acceptors (Lipinski definition) is 3. The third-order valence-electron chi connectivity index (χ3n) is 6.41. The summed E-state index contributed by atoms with van der Waals surface area (Å²) in [6.07, 6.45) is -4.34. The van der Waals surface area contributed by atoms with Crippen LogP contribution in [-0.4, -0.2) is 31.7 Å². The van der Waals surface area contributed by atoms with Crippen molar-refractivity contribution >= 4 is 21.6 Å². The maximum Gasteiger partial charge on any atom is 0.417 e. The van der Waals surface area contributed by atoms with Gasteiger partial charge in [0.2, 0.25) is 15.9 Å². The number of alkyl halides is 3. The van der Waals surface area contributed by atoms with Crippen LogP contribution in [0.25, 0.3) is 0 Å². The van der Waals surface area contributed by atoms with Gasteiger partial charge in [-0.3, -0.25) is 4.79 Å². The molecule has 1 aliphatic heterocycles. The highest BCUT2D eigenvalue weighted by Gasteiger charge is 2.40. The molecule has 4 rings (SSSR count). The van der Waals surface area contributed by atoms with Crippen molar-refractivity contribution in [2.45, 2.75) is 37.4 Å². The van der Waals surface area contributed by atoms with Crippen LogP contribution in [0.2, 0.25) is 0 Å². The van der Waals surface area contributed by atoms with Crippen molar-refractivity contribution in [3.05, 3.63) is 95.6 Å². The van der Waals surface area contributed by atoms with Gasteiger partial charge < -0.3 is 4.90 Å². The van der Waals surface area contributed by atoms with E-state index in [0.717, 1.165) is 33.3 Å². The topological polar surface area (TPSA) is 57.7 Å². The second-order valence-corrected chi connectivity index (χ2v) is 10.8. The number of amides is 1. The first-order valence-corrected chi connectivity index (χ1v) is 13.1. The molecule has 1 amide bonds. The van der Waals surface area contributed by atoms with Gasteiger partial charge in [0, 0.05) is 24.7 Å². The van der Waals surface area contributed by atoms with Gasteiger partial charge in [0.15, 0.2) is 0 Å². The number of carbonyl (C=O) groups excluding carboxylic acids is 1. The van der Waals surface area contributed by atoms with Gasteiger partial charge in [0.1, 0.15) is 0 Å². The van der Waals surface area contributed by atoms with E-state index in [4.69, 9.17) is 0 Å². The Balaban J connectivity index is 1.53. The summed E-state index contributed by atoms with van der Waals surface area (Å²) in [6.45, 7) is 2.26. The molecular weight excluding hydrogens is 489 g/mol. The molecule has 0 radical (unpaired) electrons. The predicted molar refractivity (Wildman–Crippen MR) is 132 cm³/mol. The average molecular weight is 517 g/mol. The fourth-order valence-electron chi connectivity index (χ4n) is 4.42. The molecule has 0 aliphatic carbocycles. The van der Waals surface area contributed by atoms with Crippen LogP contribution in [0.15, 0.2) is 83.8 Å². The highest BCUT2D eigenvalue weighted by atomic mass is 32.2. The molecule has 1 aliphatic rings. The van der Waals surface area contributed by atoms with E-state index in [2.05, 4.69) is 0 Å². The van der Waals surface area contributed by atoms with Crippen LogP contribution >= 0.6 is 0 Å². The largest absolute Gasteiger partial charge is 0.417 e. The number of hydrogen-bond donors (Lipinski definition) is 0. The van der Waals surface area contributed by atoms with Crippen LogP contribution in [0, 0.1) is 12.8 Å². The number of carbonyl (C=O) groups is 1. The summed E-state index contributed by atoms with van der Waals surface area (Å²) in [5.41, 5.74) is 1.57. The van der Waals surface area contributed by atoms with E-state index in [1.54, 1.807) is 4.90 Å². The van der Waals surface area contributed by atoms with E-state index in [1.165, 1.54) is 12.1 Å². The van der Waals surface area contributed by atoms with Gasteiger partial charge in [-0.25, -0.2) is 8.42 Å². The Bertz CT molecular complexity index is 1300. The summed E-state index contributed by atoms with van der Waals surface area (Å²) in [5, 5.41) is 0. The van der Waals surface area contributed by atoms with Crippen LogP contribution in [0.4, 0.5) is 18.9 Å². The molecule has 0 atom stereocenters. The zero-order valence-electron chi connectivity index (χ0n) is 19.8. The lowest BCUT2D eigenvalue weighted by molar-refractivity contribution is -0.139. The summed E-state index contributed by atoms with van der Waals surface area (Å²) in [6, 6.07) is 21.4. The molecule has 0 bridgehead atoms. The Labute approximate surface area is 209 Å². The number of benzene rings is 3. The highest BCUT2D eigenvalue weighted by Crippen LogP contribution is 2.36. The smallest absolute Gasteiger partial charge is 0.308 e. The van der Waals surface area contributed by atoms with Crippen molar-refractivity contribution < 1.29 is 26.4 Å². The molecule has 0 N–H and O–H groups in total. The standard InChI is InChI=1S/C27H27F3N2O3S/c1-20-11-13-23(14-12-20)32(19-21-7-3-2-4-8-21)26(33)22-15-17-31(18-16-22)36(34,35)25-10-6-5-9-24(25)27(28,29)30/h2-14,22H,15-19H2,1H3. The molecular formula is C27H27F3N2O3S. The van der Waals surface area contributed by atoms with Crippen LogP contribution in [-0.2, 0) is 27.5 Å². The van der Waals surface area contributed by atoms with E-state index in [-0.39, 0.29) is 31.8 Å². The Morgan fingerprint density at radius 1 is 0.917 bits per heavy atom. The lowest BCUT2D eigenvalue weighted by Crippen LogP contribution is -2.44. The van der Waals surface area contributed by atoms with E-state index >= 15 is 0 Å². The fourth-order valence-corrected chi connectivity index (χ4v) is 6.10. The molecule has 0 saturated carbocycles. The molecule has 36 heavy (non-hydrogen) atoms. The minimum absolute atomic E-state index is 0.0298. The van der Waals surface area contributed by atoms with Crippen LogP contribution in [0.3, 0.4) is 0 Å². The molecule has 3 aromatic carbocycles. The molecule has 1 saturated heterocycles. The van der Waals surface area contributed by atoms with E-state index < -0.39 is 32.6 Å². The van der Waals surface area contributed by atoms with Gasteiger partial charge in [0.25, 0.3) is 0 Å². The second-order valence-electron chi connectivity index (χ2n) is 8.92. The van der Waals surface area contributed by atoms with Crippen molar-refractivity contribution in [2.24, 2.45) is 5.92 Å². The number of piperidine rings is 1. The van der Waals surface area contributed by atoms with Crippen molar-refractivity contribution in [3.63, 3.8) is 0 Å². The van der Waals surface area contributed by atoms with E-state index in [9.17, 15) is 26.4 Å². The van der Waals surface area contributed by atoms with E-state index in [1.807, 2.05) is 61.5 Å². The zero-order valence-corrected chi connectivity index (χ0v) is 20.6. The Kier molecular flexibility index (Phi) is 7.51. The van der Waals surface area contributed by atoms with Crippen molar-refractivity contribution in [1.82, 2.24) is 4.31 Å². The Hall–Kier alpha value is -3.17. The van der Waals surface area contributed by atoms with Gasteiger partial charge in [-0.15, -0.1) is 0 Å². The lowest BCUT2D eigenvalue weighted by Gasteiger charge is -2.34. The first-order chi connectivity index (χ1) is 17.1. The number of rotatable bonds is 6. The summed E-state index contributed by atoms with van der Waals surface area (Å²) < 4.78 is 67.5. The number of nitrogens with zero attached hydrogens (tertiary/aromatic N) is 2. The zero-order chi connectivity index (χ0) is 25.9. The summed E-state index contributed by atoms with van der Waals surface area (Å²) in [4.78, 5) is 14.5. The minimum atomic E-state index is -4.79. The van der Waals surface area contributed by atoms with E-state index in [0.29, 0.717) is 6.54 Å². The monoisotopic (exact) mass is 516 g/mol. The van der Waals surface area contributed by atoms with Gasteiger partial charge in [0.05, 0.1) is 17.0 Å². The summed E-state index contributed by atoms with van der Waals surface area (Å²) in [7, 11) is -4.36. The first kappa shape index (κ1) is 25.9. The number of halogens is 3. The maximum absolute atomic E-state index is 13.6. The Morgan fingerprint density at radius 3 is 2.11 bits per heavy atom. The van der Waals surface area contributed by atoms with Crippen molar-refractivity contribution in [1.29, 1.82) is 0 Å². The SMILES string of the molecule is Cc1ccc(N(Cc2ccccc2)C(=O)C2CCN(S(=O)(=O)c3ccccc3C(F)(F)F)CC2)cc1.